The minimum Gasteiger partial charge on any atom is -0.493 e. The summed E-state index contributed by atoms with van der Waals surface area (Å²) in [6, 6.07) is 14.7. The van der Waals surface area contributed by atoms with Crippen molar-refractivity contribution in [1.29, 1.82) is 0 Å². The molecule has 0 fully saturated rings. The number of amides is 1. The molecule has 0 saturated heterocycles. The molecule has 0 aliphatic heterocycles. The molecular formula is C23H23N5O4. The maximum absolute atomic E-state index is 12.8. The Morgan fingerprint density at radius 3 is 2.44 bits per heavy atom. The van der Waals surface area contributed by atoms with Crippen LogP contribution in [0, 0.1) is 6.92 Å². The van der Waals surface area contributed by atoms with E-state index in [9.17, 15) is 4.79 Å². The van der Waals surface area contributed by atoms with E-state index in [1.807, 2.05) is 36.4 Å². The summed E-state index contributed by atoms with van der Waals surface area (Å²) in [5.74, 6) is 0.832. The number of fused-ring (bicyclic) bond motifs is 1. The van der Waals surface area contributed by atoms with E-state index in [0.717, 1.165) is 11.1 Å². The number of nitrogens with one attached hydrogen (secondary N) is 1. The number of nitrogens with zero attached hydrogens (tertiary/aromatic N) is 4. The highest BCUT2D eigenvalue weighted by Gasteiger charge is 2.22. The summed E-state index contributed by atoms with van der Waals surface area (Å²) >= 11 is 0. The predicted molar refractivity (Wildman–Crippen MR) is 119 cm³/mol. The van der Waals surface area contributed by atoms with Gasteiger partial charge in [0.15, 0.2) is 22.8 Å². The Bertz CT molecular complexity index is 1270. The number of benzene rings is 2. The van der Waals surface area contributed by atoms with Crippen LogP contribution in [0.3, 0.4) is 0 Å². The molecule has 2 heterocycles. The van der Waals surface area contributed by atoms with Gasteiger partial charge in [0.2, 0.25) is 0 Å². The molecule has 9 heteroatoms. The topological polar surface area (TPSA) is 99.9 Å². The monoisotopic (exact) mass is 433 g/mol. The van der Waals surface area contributed by atoms with E-state index >= 15 is 0 Å². The van der Waals surface area contributed by atoms with Gasteiger partial charge in [-0.1, -0.05) is 24.3 Å². The Labute approximate surface area is 185 Å². The van der Waals surface area contributed by atoms with E-state index in [4.69, 9.17) is 14.2 Å². The summed E-state index contributed by atoms with van der Waals surface area (Å²) in [4.78, 5) is 12.8. The lowest BCUT2D eigenvalue weighted by atomic mass is 10.1. The molecule has 9 nitrogen and oxygen atoms in total. The lowest BCUT2D eigenvalue weighted by molar-refractivity contribution is 0.102. The van der Waals surface area contributed by atoms with Crippen LogP contribution in [-0.4, -0.2) is 47.0 Å². The van der Waals surface area contributed by atoms with Crippen molar-refractivity contribution in [2.45, 2.75) is 13.5 Å². The number of para-hydroxylation sites is 1. The summed E-state index contributed by atoms with van der Waals surface area (Å²) in [5.41, 5.74) is 4.17. The van der Waals surface area contributed by atoms with Crippen molar-refractivity contribution in [1.82, 2.24) is 19.8 Å². The van der Waals surface area contributed by atoms with E-state index in [2.05, 4.69) is 20.6 Å². The van der Waals surface area contributed by atoms with Crippen LogP contribution < -0.4 is 14.8 Å². The molecule has 0 aliphatic carbocycles. The molecule has 1 N–H and O–H groups in total. The summed E-state index contributed by atoms with van der Waals surface area (Å²) in [5, 5.41) is 16.1. The van der Waals surface area contributed by atoms with Crippen molar-refractivity contribution in [2.75, 3.05) is 26.6 Å². The van der Waals surface area contributed by atoms with Gasteiger partial charge in [-0.25, -0.2) is 4.52 Å². The van der Waals surface area contributed by atoms with Gasteiger partial charge in [0.1, 0.15) is 0 Å². The zero-order valence-electron chi connectivity index (χ0n) is 18.2. The Morgan fingerprint density at radius 2 is 1.75 bits per heavy atom. The fraction of sp³-hybridized carbons (Fsp3) is 0.217. The number of hydrogen-bond acceptors (Lipinski definition) is 7. The quantitative estimate of drug-likeness (QED) is 0.476. The van der Waals surface area contributed by atoms with Gasteiger partial charge in [0, 0.05) is 12.8 Å². The first-order chi connectivity index (χ1) is 15.6. The minimum absolute atomic E-state index is 0.187. The molecule has 32 heavy (non-hydrogen) atoms. The van der Waals surface area contributed by atoms with Crippen molar-refractivity contribution in [2.24, 2.45) is 0 Å². The number of hydrogen-bond donors (Lipinski definition) is 1. The van der Waals surface area contributed by atoms with E-state index in [1.165, 1.54) is 0 Å². The molecule has 1 amide bonds. The zero-order chi connectivity index (χ0) is 22.7. The lowest BCUT2D eigenvalue weighted by Gasteiger charge is -2.10. The molecule has 2 aromatic carbocycles. The van der Waals surface area contributed by atoms with Crippen LogP contribution in [0.2, 0.25) is 0 Å². The number of carbonyl (C=O) groups excluding carboxylic acids is 1. The largest absolute Gasteiger partial charge is 0.493 e. The van der Waals surface area contributed by atoms with Crippen LogP contribution in [0.4, 0.5) is 5.69 Å². The van der Waals surface area contributed by atoms with Crippen LogP contribution in [0.1, 0.15) is 21.9 Å². The zero-order valence-corrected chi connectivity index (χ0v) is 18.2. The molecule has 2 aromatic heterocycles. The Morgan fingerprint density at radius 1 is 1.00 bits per heavy atom. The standard InChI is InChI=1S/C23H23N5O4/c1-14-21(23(29)24-16-8-6-5-7-9-16)25-26-22-20(17(13-30-2)27-28(14)22)15-10-11-18(31-3)19(12-15)32-4/h5-12H,13H2,1-4H3,(H,24,29). The van der Waals surface area contributed by atoms with Crippen molar-refractivity contribution < 1.29 is 19.0 Å². The van der Waals surface area contributed by atoms with Crippen molar-refractivity contribution in [3.8, 4) is 22.6 Å². The number of methoxy groups -OCH3 is 3. The first kappa shape index (κ1) is 21.3. The Balaban J connectivity index is 1.82. The second kappa shape index (κ2) is 9.03. The third-order valence-corrected chi connectivity index (χ3v) is 5.04. The van der Waals surface area contributed by atoms with E-state index in [0.29, 0.717) is 34.2 Å². The lowest BCUT2D eigenvalue weighted by Crippen LogP contribution is -2.18. The maximum atomic E-state index is 12.8. The van der Waals surface area contributed by atoms with Gasteiger partial charge in [0.25, 0.3) is 5.91 Å². The first-order valence-corrected chi connectivity index (χ1v) is 9.90. The fourth-order valence-electron chi connectivity index (χ4n) is 3.50. The van der Waals surface area contributed by atoms with E-state index in [-0.39, 0.29) is 18.2 Å². The maximum Gasteiger partial charge on any atom is 0.278 e. The van der Waals surface area contributed by atoms with Gasteiger partial charge in [-0.15, -0.1) is 10.2 Å². The molecular weight excluding hydrogens is 410 g/mol. The average molecular weight is 433 g/mol. The van der Waals surface area contributed by atoms with Gasteiger partial charge in [-0.2, -0.15) is 5.10 Å². The molecule has 164 valence electrons. The highest BCUT2D eigenvalue weighted by Crippen LogP contribution is 2.35. The fourth-order valence-corrected chi connectivity index (χ4v) is 3.50. The average Bonchev–Trinajstić information content (AvgIpc) is 3.18. The Hall–Kier alpha value is -3.98. The van der Waals surface area contributed by atoms with Crippen molar-refractivity contribution in [3.63, 3.8) is 0 Å². The summed E-state index contributed by atoms with van der Waals surface area (Å²) in [7, 11) is 4.76. The van der Waals surface area contributed by atoms with Gasteiger partial charge in [-0.05, 0) is 36.8 Å². The molecule has 0 unspecified atom stereocenters. The number of carbonyl (C=O) groups is 1. The molecule has 0 radical (unpaired) electrons. The first-order valence-electron chi connectivity index (χ1n) is 9.90. The summed E-state index contributed by atoms with van der Waals surface area (Å²) in [6.45, 7) is 2.04. The number of rotatable bonds is 7. The predicted octanol–water partition coefficient (Wildman–Crippen LogP) is 3.52. The molecule has 0 aliphatic rings. The Kier molecular flexibility index (Phi) is 6.00. The van der Waals surface area contributed by atoms with Gasteiger partial charge < -0.3 is 19.5 Å². The third-order valence-electron chi connectivity index (χ3n) is 5.04. The number of aromatic nitrogens is 4. The summed E-state index contributed by atoms with van der Waals surface area (Å²) in [6.07, 6.45) is 0. The molecule has 4 aromatic rings. The second-order valence-electron chi connectivity index (χ2n) is 7.01. The molecule has 0 spiro atoms. The van der Waals surface area contributed by atoms with Gasteiger partial charge in [-0.3, -0.25) is 4.79 Å². The summed E-state index contributed by atoms with van der Waals surface area (Å²) < 4.78 is 17.8. The van der Waals surface area contributed by atoms with Crippen molar-refractivity contribution >= 4 is 17.2 Å². The molecule has 0 bridgehead atoms. The number of aryl methyl sites for hydroxylation is 1. The van der Waals surface area contributed by atoms with Crippen LogP contribution >= 0.6 is 0 Å². The highest BCUT2D eigenvalue weighted by atomic mass is 16.5. The smallest absolute Gasteiger partial charge is 0.278 e. The van der Waals surface area contributed by atoms with Crippen LogP contribution in [-0.2, 0) is 11.3 Å². The van der Waals surface area contributed by atoms with Crippen LogP contribution in [0.5, 0.6) is 11.5 Å². The molecule has 4 rings (SSSR count). The van der Waals surface area contributed by atoms with E-state index in [1.54, 1.807) is 44.9 Å². The second-order valence-corrected chi connectivity index (χ2v) is 7.01. The number of anilines is 1. The molecule has 0 saturated carbocycles. The third kappa shape index (κ3) is 3.85. The molecule has 0 atom stereocenters. The van der Waals surface area contributed by atoms with Gasteiger partial charge in [0.05, 0.1) is 37.8 Å². The highest BCUT2D eigenvalue weighted by molar-refractivity contribution is 6.03. The van der Waals surface area contributed by atoms with Crippen LogP contribution in [0.25, 0.3) is 16.8 Å². The van der Waals surface area contributed by atoms with Crippen molar-refractivity contribution in [3.05, 3.63) is 65.6 Å². The normalized spacial score (nSPS) is 10.9. The van der Waals surface area contributed by atoms with Gasteiger partial charge >= 0.3 is 0 Å². The SMILES string of the molecule is COCc1nn2c(C)c(C(=O)Nc3ccccc3)nnc2c1-c1ccc(OC)c(OC)c1. The minimum atomic E-state index is -0.362. The number of ether oxygens (including phenoxy) is 3. The van der Waals surface area contributed by atoms with E-state index < -0.39 is 0 Å². The van der Waals surface area contributed by atoms with Crippen LogP contribution in [0.15, 0.2) is 48.5 Å².